The molecular weight excluding hydrogens is 332 g/mol. The Morgan fingerprint density at radius 2 is 2.08 bits per heavy atom. The van der Waals surface area contributed by atoms with Gasteiger partial charge in [-0.2, -0.15) is 0 Å². The van der Waals surface area contributed by atoms with Gasteiger partial charge >= 0.3 is 11.8 Å². The molecular formula is C15H16N4O4S. The Morgan fingerprint density at radius 3 is 2.79 bits per heavy atom. The van der Waals surface area contributed by atoms with Crippen molar-refractivity contribution < 1.29 is 14.3 Å². The first-order chi connectivity index (χ1) is 11.6. The smallest absolute Gasteiger partial charge is 0.416 e. The van der Waals surface area contributed by atoms with Gasteiger partial charge in [-0.25, -0.2) is 19.6 Å². The van der Waals surface area contributed by atoms with Crippen LogP contribution in [0.3, 0.4) is 0 Å². The van der Waals surface area contributed by atoms with Crippen LogP contribution in [0.15, 0.2) is 40.3 Å². The lowest BCUT2D eigenvalue weighted by molar-refractivity contribution is -0.125. The van der Waals surface area contributed by atoms with Crippen LogP contribution in [0.25, 0.3) is 0 Å². The number of H-pyrrole nitrogens is 1. The maximum atomic E-state index is 12.0. The number of imide groups is 1. The summed E-state index contributed by atoms with van der Waals surface area (Å²) in [5.41, 5.74) is 0.791. The third kappa shape index (κ3) is 3.67. The molecule has 0 unspecified atom stereocenters. The highest BCUT2D eigenvalue weighted by atomic mass is 32.2. The number of hydrogen-bond donors (Lipinski definition) is 1. The van der Waals surface area contributed by atoms with Gasteiger partial charge in [-0.3, -0.25) is 9.36 Å². The average Bonchev–Trinajstić information content (AvgIpc) is 3.17. The number of aromatic nitrogens is 3. The first-order valence-electron chi connectivity index (χ1n) is 7.44. The highest BCUT2D eigenvalue weighted by molar-refractivity contribution is 7.99. The molecule has 0 bridgehead atoms. The van der Waals surface area contributed by atoms with Crippen molar-refractivity contribution in [3.05, 3.63) is 46.4 Å². The number of nitrogens with zero attached hydrogens (tertiary/aromatic N) is 3. The Morgan fingerprint density at radius 1 is 1.29 bits per heavy atom. The molecule has 1 aliphatic rings. The van der Waals surface area contributed by atoms with Crippen LogP contribution < -0.4 is 5.69 Å². The number of cyclic esters (lactones) is 1. The van der Waals surface area contributed by atoms with Gasteiger partial charge in [-0.1, -0.05) is 42.1 Å². The molecule has 1 aliphatic heterocycles. The molecule has 1 aromatic carbocycles. The Labute approximate surface area is 141 Å². The lowest BCUT2D eigenvalue weighted by Gasteiger charge is -2.10. The number of ether oxygens (including phenoxy) is 1. The monoisotopic (exact) mass is 348 g/mol. The number of hydrogen-bond acceptors (Lipinski definition) is 6. The van der Waals surface area contributed by atoms with E-state index in [1.807, 2.05) is 30.3 Å². The fourth-order valence-corrected chi connectivity index (χ4v) is 3.17. The SMILES string of the molecule is O=C(CSc1n[nH]c(=O)n1CCc1ccccc1)N1CCOC1=O. The highest BCUT2D eigenvalue weighted by Crippen LogP contribution is 2.16. The van der Waals surface area contributed by atoms with E-state index in [0.29, 0.717) is 18.1 Å². The van der Waals surface area contributed by atoms with E-state index in [-0.39, 0.29) is 30.5 Å². The Kier molecular flexibility index (Phi) is 4.99. The zero-order chi connectivity index (χ0) is 16.9. The van der Waals surface area contributed by atoms with Gasteiger partial charge in [0.1, 0.15) is 6.61 Å². The quantitative estimate of drug-likeness (QED) is 0.779. The van der Waals surface area contributed by atoms with Crippen LogP contribution in [0.4, 0.5) is 4.79 Å². The highest BCUT2D eigenvalue weighted by Gasteiger charge is 2.28. The molecule has 2 heterocycles. The summed E-state index contributed by atoms with van der Waals surface area (Å²) in [4.78, 5) is 36.3. The molecule has 2 aromatic rings. The topological polar surface area (TPSA) is 97.3 Å². The fourth-order valence-electron chi connectivity index (χ4n) is 2.32. The molecule has 0 saturated carbocycles. The second kappa shape index (κ2) is 7.35. The van der Waals surface area contributed by atoms with Crippen LogP contribution in [0.5, 0.6) is 0 Å². The van der Waals surface area contributed by atoms with E-state index in [9.17, 15) is 14.4 Å². The minimum atomic E-state index is -0.621. The second-order valence-corrected chi connectivity index (χ2v) is 6.09. The Balaban J connectivity index is 1.61. The zero-order valence-electron chi connectivity index (χ0n) is 12.8. The molecule has 1 aromatic heterocycles. The molecule has 0 radical (unpaired) electrons. The van der Waals surface area contributed by atoms with Gasteiger partial charge in [0.2, 0.25) is 5.91 Å². The number of amides is 2. The number of carbonyl (C=O) groups is 2. The molecule has 3 rings (SSSR count). The van der Waals surface area contributed by atoms with Crippen LogP contribution in [0.1, 0.15) is 5.56 Å². The van der Waals surface area contributed by atoms with E-state index in [1.165, 1.54) is 4.57 Å². The Bertz CT molecular complexity index is 786. The number of aryl methyl sites for hydroxylation is 1. The number of nitrogens with one attached hydrogen (secondary N) is 1. The van der Waals surface area contributed by atoms with Crippen molar-refractivity contribution in [3.8, 4) is 0 Å². The van der Waals surface area contributed by atoms with Crippen molar-refractivity contribution in [2.24, 2.45) is 0 Å². The lowest BCUT2D eigenvalue weighted by atomic mass is 10.1. The van der Waals surface area contributed by atoms with Gasteiger partial charge in [0.25, 0.3) is 0 Å². The predicted octanol–water partition coefficient (Wildman–Crippen LogP) is 0.885. The minimum absolute atomic E-state index is 0.0186. The zero-order valence-corrected chi connectivity index (χ0v) is 13.6. The first-order valence-corrected chi connectivity index (χ1v) is 8.43. The largest absolute Gasteiger partial charge is 0.447 e. The van der Waals surface area contributed by atoms with Crippen LogP contribution in [0.2, 0.25) is 0 Å². The Hall–Kier alpha value is -2.55. The van der Waals surface area contributed by atoms with E-state index in [1.54, 1.807) is 0 Å². The van der Waals surface area contributed by atoms with Crippen molar-refractivity contribution in [1.82, 2.24) is 19.7 Å². The summed E-state index contributed by atoms with van der Waals surface area (Å²) in [7, 11) is 0. The van der Waals surface area contributed by atoms with Crippen molar-refractivity contribution in [2.75, 3.05) is 18.9 Å². The van der Waals surface area contributed by atoms with Gasteiger partial charge in [0.15, 0.2) is 5.16 Å². The maximum Gasteiger partial charge on any atom is 0.416 e. The van der Waals surface area contributed by atoms with Gasteiger partial charge in [0, 0.05) is 6.54 Å². The van der Waals surface area contributed by atoms with Crippen LogP contribution in [-0.4, -0.2) is 50.6 Å². The molecule has 0 aliphatic carbocycles. The standard InChI is InChI=1S/C15H16N4O4S/c20-12(18-8-9-23-15(18)22)10-24-14-17-16-13(21)19(14)7-6-11-4-2-1-3-5-11/h1-5H,6-10H2,(H,16,21). The summed E-state index contributed by atoms with van der Waals surface area (Å²) in [6, 6.07) is 9.79. The normalized spacial score (nSPS) is 14.0. The summed E-state index contributed by atoms with van der Waals surface area (Å²) in [6.45, 7) is 0.945. The van der Waals surface area contributed by atoms with Crippen molar-refractivity contribution >= 4 is 23.8 Å². The van der Waals surface area contributed by atoms with E-state index in [0.717, 1.165) is 22.2 Å². The van der Waals surface area contributed by atoms with Crippen LogP contribution >= 0.6 is 11.8 Å². The van der Waals surface area contributed by atoms with Crippen molar-refractivity contribution in [2.45, 2.75) is 18.1 Å². The predicted molar refractivity (Wildman–Crippen MR) is 86.8 cm³/mol. The minimum Gasteiger partial charge on any atom is -0.447 e. The first kappa shape index (κ1) is 16.3. The maximum absolute atomic E-state index is 12.0. The summed E-state index contributed by atoms with van der Waals surface area (Å²) < 4.78 is 6.23. The van der Waals surface area contributed by atoms with E-state index >= 15 is 0 Å². The number of benzene rings is 1. The van der Waals surface area contributed by atoms with Gasteiger partial charge < -0.3 is 4.74 Å². The van der Waals surface area contributed by atoms with E-state index < -0.39 is 6.09 Å². The molecule has 1 fully saturated rings. The number of aromatic amines is 1. The molecule has 2 amide bonds. The third-order valence-electron chi connectivity index (χ3n) is 3.58. The molecule has 0 atom stereocenters. The van der Waals surface area contributed by atoms with E-state index in [4.69, 9.17) is 4.74 Å². The van der Waals surface area contributed by atoms with Crippen LogP contribution in [0, 0.1) is 0 Å². The fraction of sp³-hybridized carbons (Fsp3) is 0.333. The average molecular weight is 348 g/mol. The number of carbonyl (C=O) groups excluding carboxylic acids is 2. The van der Waals surface area contributed by atoms with Gasteiger partial charge in [0.05, 0.1) is 12.3 Å². The van der Waals surface area contributed by atoms with Crippen molar-refractivity contribution in [3.63, 3.8) is 0 Å². The lowest BCUT2D eigenvalue weighted by Crippen LogP contribution is -2.33. The van der Waals surface area contributed by atoms with Crippen LogP contribution in [-0.2, 0) is 22.5 Å². The van der Waals surface area contributed by atoms with Crippen molar-refractivity contribution in [1.29, 1.82) is 0 Å². The number of rotatable bonds is 6. The summed E-state index contributed by atoms with van der Waals surface area (Å²) in [6.07, 6.45) is 0.0596. The second-order valence-electron chi connectivity index (χ2n) is 5.15. The molecule has 1 N–H and O–H groups in total. The summed E-state index contributed by atoms with van der Waals surface area (Å²) in [5, 5.41) is 6.77. The number of thioether (sulfide) groups is 1. The molecule has 1 saturated heterocycles. The third-order valence-corrected chi connectivity index (χ3v) is 4.54. The van der Waals surface area contributed by atoms with Gasteiger partial charge in [-0.05, 0) is 12.0 Å². The summed E-state index contributed by atoms with van der Waals surface area (Å²) >= 11 is 1.12. The molecule has 9 heteroatoms. The van der Waals surface area contributed by atoms with Gasteiger partial charge in [-0.15, -0.1) is 5.10 Å². The molecule has 8 nitrogen and oxygen atoms in total. The van der Waals surface area contributed by atoms with E-state index in [2.05, 4.69) is 10.2 Å². The molecule has 24 heavy (non-hydrogen) atoms. The molecule has 126 valence electrons. The summed E-state index contributed by atoms with van der Waals surface area (Å²) in [5.74, 6) is -0.336. The molecule has 0 spiro atoms.